The van der Waals surface area contributed by atoms with Gasteiger partial charge in [-0.1, -0.05) is 5.16 Å². The Balaban J connectivity index is 1.72. The van der Waals surface area contributed by atoms with E-state index in [-0.39, 0.29) is 0 Å². The van der Waals surface area contributed by atoms with Gasteiger partial charge in [0, 0.05) is 24.5 Å². The lowest BCUT2D eigenvalue weighted by atomic mass is 10.1. The maximum Gasteiger partial charge on any atom is 0.156 e. The van der Waals surface area contributed by atoms with Gasteiger partial charge in [-0.05, 0) is 44.4 Å². The first-order valence-electron chi connectivity index (χ1n) is 6.51. The van der Waals surface area contributed by atoms with Gasteiger partial charge in [-0.15, -0.1) is 0 Å². The summed E-state index contributed by atoms with van der Waals surface area (Å²) in [6.45, 7) is 2.69. The Morgan fingerprint density at radius 2 is 2.39 bits per heavy atom. The Kier molecular flexibility index (Phi) is 2.96. The summed E-state index contributed by atoms with van der Waals surface area (Å²) in [6.07, 6.45) is 7.01. The van der Waals surface area contributed by atoms with Gasteiger partial charge < -0.3 is 14.4 Å². The highest BCUT2D eigenvalue weighted by molar-refractivity contribution is 5.19. The van der Waals surface area contributed by atoms with E-state index in [4.69, 9.17) is 4.52 Å². The van der Waals surface area contributed by atoms with Gasteiger partial charge in [0.2, 0.25) is 0 Å². The summed E-state index contributed by atoms with van der Waals surface area (Å²) in [5, 5.41) is 7.32. The van der Waals surface area contributed by atoms with Gasteiger partial charge in [0.15, 0.2) is 5.76 Å². The van der Waals surface area contributed by atoms with E-state index >= 15 is 0 Å². The number of nitrogens with one attached hydrogen (secondary N) is 1. The van der Waals surface area contributed by atoms with E-state index in [0.29, 0.717) is 6.04 Å². The quantitative estimate of drug-likeness (QED) is 0.880. The van der Waals surface area contributed by atoms with Gasteiger partial charge in [0.1, 0.15) is 0 Å². The van der Waals surface area contributed by atoms with Crippen molar-refractivity contribution in [2.24, 2.45) is 5.92 Å². The lowest BCUT2D eigenvalue weighted by Gasteiger charge is -2.13. The van der Waals surface area contributed by atoms with E-state index in [0.717, 1.165) is 23.9 Å². The summed E-state index contributed by atoms with van der Waals surface area (Å²) in [7, 11) is 2.04. The molecular formula is C14H19N3O. The van der Waals surface area contributed by atoms with Crippen molar-refractivity contribution in [2.45, 2.75) is 32.4 Å². The van der Waals surface area contributed by atoms with E-state index in [9.17, 15) is 0 Å². The fraction of sp³-hybridized carbons (Fsp3) is 0.500. The lowest BCUT2D eigenvalue weighted by Crippen LogP contribution is -2.17. The number of nitrogens with zero attached hydrogens (tertiary/aromatic N) is 2. The second kappa shape index (κ2) is 4.61. The zero-order chi connectivity index (χ0) is 12.5. The lowest BCUT2D eigenvalue weighted by molar-refractivity contribution is 0.373. The van der Waals surface area contributed by atoms with E-state index < -0.39 is 0 Å². The fourth-order valence-corrected chi connectivity index (χ4v) is 2.52. The van der Waals surface area contributed by atoms with E-state index in [1.807, 2.05) is 20.0 Å². The standard InChI is InChI=1S/C14H19N3O/c1-10-7-13(18-16-10)9-17-6-5-12(8-17)14(15-2)11-3-4-11/h5-8,11,14-15H,3-4,9H2,1-2H3. The first-order valence-corrected chi connectivity index (χ1v) is 6.51. The van der Waals surface area contributed by atoms with Crippen molar-refractivity contribution >= 4 is 0 Å². The zero-order valence-corrected chi connectivity index (χ0v) is 10.9. The van der Waals surface area contributed by atoms with Crippen LogP contribution in [0.5, 0.6) is 0 Å². The molecule has 2 aromatic heterocycles. The number of hydrogen-bond acceptors (Lipinski definition) is 3. The Hall–Kier alpha value is -1.55. The van der Waals surface area contributed by atoms with Crippen LogP contribution in [-0.4, -0.2) is 16.8 Å². The summed E-state index contributed by atoms with van der Waals surface area (Å²) in [6, 6.07) is 4.68. The first kappa shape index (κ1) is 11.5. The molecule has 1 saturated carbocycles. The van der Waals surface area contributed by atoms with Crippen molar-refractivity contribution in [1.29, 1.82) is 0 Å². The Labute approximate surface area is 107 Å². The van der Waals surface area contributed by atoms with Gasteiger partial charge in [0.25, 0.3) is 0 Å². The third-order valence-electron chi connectivity index (χ3n) is 3.55. The first-order chi connectivity index (χ1) is 8.76. The molecule has 2 heterocycles. The Morgan fingerprint density at radius 1 is 1.56 bits per heavy atom. The monoisotopic (exact) mass is 245 g/mol. The largest absolute Gasteiger partial charge is 0.359 e. The molecule has 1 aliphatic rings. The molecular weight excluding hydrogens is 226 g/mol. The minimum absolute atomic E-state index is 0.503. The van der Waals surface area contributed by atoms with Crippen LogP contribution in [-0.2, 0) is 6.54 Å². The van der Waals surface area contributed by atoms with Crippen LogP contribution < -0.4 is 5.32 Å². The van der Waals surface area contributed by atoms with Gasteiger partial charge >= 0.3 is 0 Å². The second-order valence-corrected chi connectivity index (χ2v) is 5.16. The maximum atomic E-state index is 5.24. The molecule has 1 atom stereocenters. The predicted octanol–water partition coefficient (Wildman–Crippen LogP) is 2.50. The van der Waals surface area contributed by atoms with Crippen molar-refractivity contribution in [2.75, 3.05) is 7.05 Å². The van der Waals surface area contributed by atoms with Crippen molar-refractivity contribution in [3.63, 3.8) is 0 Å². The molecule has 0 bridgehead atoms. The molecule has 2 aromatic rings. The maximum absolute atomic E-state index is 5.24. The predicted molar refractivity (Wildman–Crippen MR) is 69.3 cm³/mol. The molecule has 4 nitrogen and oxygen atoms in total. The molecule has 0 aliphatic heterocycles. The Bertz CT molecular complexity index is 525. The molecule has 0 amide bonds. The molecule has 96 valence electrons. The SMILES string of the molecule is CNC(c1ccn(Cc2cc(C)no2)c1)C1CC1. The normalized spacial score (nSPS) is 17.0. The Morgan fingerprint density at radius 3 is 3.00 bits per heavy atom. The van der Waals surface area contributed by atoms with Gasteiger partial charge in [-0.3, -0.25) is 0 Å². The molecule has 1 N–H and O–H groups in total. The second-order valence-electron chi connectivity index (χ2n) is 5.16. The van der Waals surface area contributed by atoms with Crippen LogP contribution in [0.2, 0.25) is 0 Å². The van der Waals surface area contributed by atoms with Crippen LogP contribution in [0.15, 0.2) is 29.0 Å². The number of hydrogen-bond donors (Lipinski definition) is 1. The molecule has 0 aromatic carbocycles. The summed E-state index contributed by atoms with van der Waals surface area (Å²) in [5.74, 6) is 1.72. The van der Waals surface area contributed by atoms with Crippen molar-refractivity contribution < 1.29 is 4.52 Å². The van der Waals surface area contributed by atoms with Crippen LogP contribution >= 0.6 is 0 Å². The van der Waals surface area contributed by atoms with E-state index in [2.05, 4.69) is 33.5 Å². The number of rotatable bonds is 5. The average molecular weight is 245 g/mol. The highest BCUT2D eigenvalue weighted by atomic mass is 16.5. The highest BCUT2D eigenvalue weighted by Gasteiger charge is 2.31. The summed E-state index contributed by atoms with van der Waals surface area (Å²) in [4.78, 5) is 0. The summed E-state index contributed by atoms with van der Waals surface area (Å²) >= 11 is 0. The van der Waals surface area contributed by atoms with Crippen molar-refractivity contribution in [3.8, 4) is 0 Å². The third kappa shape index (κ3) is 2.34. The summed E-state index contributed by atoms with van der Waals surface area (Å²) < 4.78 is 7.39. The highest BCUT2D eigenvalue weighted by Crippen LogP contribution is 2.40. The minimum atomic E-state index is 0.503. The fourth-order valence-electron chi connectivity index (χ4n) is 2.52. The van der Waals surface area contributed by atoms with E-state index in [1.54, 1.807) is 0 Å². The van der Waals surface area contributed by atoms with Crippen molar-refractivity contribution in [3.05, 3.63) is 41.5 Å². The van der Waals surface area contributed by atoms with Gasteiger partial charge in [0.05, 0.1) is 12.2 Å². The van der Waals surface area contributed by atoms with Crippen LogP contribution in [0.1, 0.15) is 35.9 Å². The van der Waals surface area contributed by atoms with Crippen LogP contribution in [0.4, 0.5) is 0 Å². The van der Waals surface area contributed by atoms with Crippen LogP contribution in [0.3, 0.4) is 0 Å². The molecule has 1 fully saturated rings. The smallest absolute Gasteiger partial charge is 0.156 e. The molecule has 1 aliphatic carbocycles. The summed E-state index contributed by atoms with van der Waals surface area (Å²) in [5.41, 5.74) is 2.31. The minimum Gasteiger partial charge on any atom is -0.359 e. The zero-order valence-electron chi connectivity index (χ0n) is 10.9. The van der Waals surface area contributed by atoms with Gasteiger partial charge in [-0.2, -0.15) is 0 Å². The molecule has 18 heavy (non-hydrogen) atoms. The molecule has 0 radical (unpaired) electrons. The average Bonchev–Trinajstić information content (AvgIpc) is 2.94. The van der Waals surface area contributed by atoms with Crippen LogP contribution in [0, 0.1) is 12.8 Å². The third-order valence-corrected chi connectivity index (χ3v) is 3.55. The molecule has 0 spiro atoms. The van der Waals surface area contributed by atoms with E-state index in [1.165, 1.54) is 18.4 Å². The molecule has 0 saturated heterocycles. The molecule has 4 heteroatoms. The van der Waals surface area contributed by atoms with Gasteiger partial charge in [-0.25, -0.2) is 0 Å². The number of aromatic nitrogens is 2. The topological polar surface area (TPSA) is 43.0 Å². The molecule has 1 unspecified atom stereocenters. The van der Waals surface area contributed by atoms with Crippen LogP contribution in [0.25, 0.3) is 0 Å². The number of aryl methyl sites for hydroxylation is 1. The van der Waals surface area contributed by atoms with Crippen molar-refractivity contribution in [1.82, 2.24) is 15.0 Å². The molecule has 3 rings (SSSR count).